The molecular formula is C17H22AsN3O3. The summed E-state index contributed by atoms with van der Waals surface area (Å²) in [6.07, 6.45) is 3.59. The zero-order valence-electron chi connectivity index (χ0n) is 13.6. The van der Waals surface area contributed by atoms with Crippen molar-refractivity contribution in [3.63, 3.8) is 0 Å². The molecule has 0 saturated heterocycles. The molecule has 0 bridgehead atoms. The zero-order chi connectivity index (χ0) is 17.4. The van der Waals surface area contributed by atoms with Gasteiger partial charge in [-0.2, -0.15) is 0 Å². The first-order chi connectivity index (χ1) is 11.5. The minimum atomic E-state index is -4.83. The van der Waals surface area contributed by atoms with Crippen molar-refractivity contribution in [2.75, 3.05) is 11.9 Å². The van der Waals surface area contributed by atoms with Gasteiger partial charge in [-0.1, -0.05) is 19.8 Å². The van der Waals surface area contributed by atoms with Crippen molar-refractivity contribution in [1.82, 2.24) is 0 Å². The Morgan fingerprint density at radius 3 is 1.96 bits per heavy atom. The summed E-state index contributed by atoms with van der Waals surface area (Å²) >= 11 is -4.83. The van der Waals surface area contributed by atoms with E-state index >= 15 is 0 Å². The molecule has 0 heterocycles. The van der Waals surface area contributed by atoms with E-state index < -0.39 is 14.2 Å². The molecule has 0 spiro atoms. The molecule has 2 rings (SSSR count). The van der Waals surface area contributed by atoms with Crippen LogP contribution in [-0.2, 0) is 3.74 Å². The van der Waals surface area contributed by atoms with E-state index in [1.165, 1.54) is 25.0 Å². The van der Waals surface area contributed by atoms with Crippen LogP contribution in [0.1, 0.15) is 26.2 Å². The van der Waals surface area contributed by atoms with Gasteiger partial charge in [0.15, 0.2) is 0 Å². The molecule has 0 fully saturated rings. The summed E-state index contributed by atoms with van der Waals surface area (Å²) in [6.45, 7) is 3.14. The molecule has 128 valence electrons. The van der Waals surface area contributed by atoms with Crippen LogP contribution in [0.2, 0.25) is 0 Å². The molecule has 0 unspecified atom stereocenters. The number of nitrogens with one attached hydrogen (secondary N) is 1. The van der Waals surface area contributed by atoms with Crippen molar-refractivity contribution in [1.29, 1.82) is 0 Å². The Bertz CT molecular complexity index is 709. The Labute approximate surface area is 144 Å². The van der Waals surface area contributed by atoms with Crippen molar-refractivity contribution in [2.45, 2.75) is 26.2 Å². The molecule has 6 nitrogen and oxygen atoms in total. The summed E-state index contributed by atoms with van der Waals surface area (Å²) < 4.78 is 29.4. The fraction of sp³-hybridized carbons (Fsp3) is 0.294. The Hall–Kier alpha value is -1.88. The van der Waals surface area contributed by atoms with Crippen LogP contribution < -0.4 is 9.67 Å². The van der Waals surface area contributed by atoms with Gasteiger partial charge in [0.25, 0.3) is 0 Å². The van der Waals surface area contributed by atoms with Gasteiger partial charge in [0, 0.05) is 0 Å². The van der Waals surface area contributed by atoms with E-state index in [0.717, 1.165) is 24.3 Å². The average molecular weight is 391 g/mol. The summed E-state index contributed by atoms with van der Waals surface area (Å²) in [6, 6.07) is 13.5. The zero-order valence-corrected chi connectivity index (χ0v) is 15.5. The number of nitrogens with zero attached hydrogens (tertiary/aromatic N) is 2. The molecule has 24 heavy (non-hydrogen) atoms. The Morgan fingerprint density at radius 1 is 0.917 bits per heavy atom. The van der Waals surface area contributed by atoms with Crippen molar-refractivity contribution < 1.29 is 11.9 Å². The summed E-state index contributed by atoms with van der Waals surface area (Å²) in [7, 11) is 0. The fourth-order valence-electron chi connectivity index (χ4n) is 2.08. The van der Waals surface area contributed by atoms with Crippen molar-refractivity contribution in [3.8, 4) is 0 Å². The normalized spacial score (nSPS) is 11.8. The molecule has 0 aliphatic carbocycles. The Morgan fingerprint density at radius 2 is 1.46 bits per heavy atom. The van der Waals surface area contributed by atoms with E-state index in [1.54, 1.807) is 12.1 Å². The molecule has 0 aliphatic heterocycles. The maximum absolute atomic E-state index is 11.2. The molecule has 3 N–H and O–H groups in total. The molecule has 7 heteroatoms. The van der Waals surface area contributed by atoms with Gasteiger partial charge in [-0.15, -0.1) is 0 Å². The third-order valence-corrected chi connectivity index (χ3v) is 5.48. The van der Waals surface area contributed by atoms with Crippen LogP contribution in [0.5, 0.6) is 0 Å². The maximum atomic E-state index is 11.2. The molecule has 2 aromatic carbocycles. The molecule has 0 radical (unpaired) electrons. The quantitative estimate of drug-likeness (QED) is 0.366. The van der Waals surface area contributed by atoms with E-state index in [2.05, 4.69) is 22.5 Å². The van der Waals surface area contributed by atoms with Crippen LogP contribution in [0.15, 0.2) is 58.8 Å². The second-order valence-electron chi connectivity index (χ2n) is 5.44. The number of azo groups is 1. The fourth-order valence-corrected chi connectivity index (χ4v) is 3.21. The van der Waals surface area contributed by atoms with Crippen molar-refractivity contribution in [3.05, 3.63) is 48.5 Å². The van der Waals surface area contributed by atoms with E-state index in [4.69, 9.17) is 8.19 Å². The average Bonchev–Trinajstić information content (AvgIpc) is 2.57. The monoisotopic (exact) mass is 391 g/mol. The van der Waals surface area contributed by atoms with Crippen LogP contribution in [0.25, 0.3) is 0 Å². The molecule has 0 aromatic heterocycles. The first kappa shape index (κ1) is 18.5. The molecule has 0 aliphatic rings. The molecule has 0 amide bonds. The second-order valence-corrected chi connectivity index (χ2v) is 8.81. The van der Waals surface area contributed by atoms with Crippen LogP contribution in [0.4, 0.5) is 17.1 Å². The van der Waals surface area contributed by atoms with E-state index in [0.29, 0.717) is 5.69 Å². The van der Waals surface area contributed by atoms with E-state index in [9.17, 15) is 3.74 Å². The van der Waals surface area contributed by atoms with Crippen molar-refractivity contribution >= 4 is 35.6 Å². The summed E-state index contributed by atoms with van der Waals surface area (Å²) in [5, 5.41) is 11.6. The van der Waals surface area contributed by atoms with E-state index in [-0.39, 0.29) is 4.35 Å². The van der Waals surface area contributed by atoms with Crippen LogP contribution in [-0.4, -0.2) is 28.9 Å². The van der Waals surface area contributed by atoms with Gasteiger partial charge >= 0.3 is 118 Å². The van der Waals surface area contributed by atoms with Gasteiger partial charge in [-0.3, -0.25) is 0 Å². The Balaban J connectivity index is 1.93. The predicted molar refractivity (Wildman–Crippen MR) is 95.6 cm³/mol. The van der Waals surface area contributed by atoms with Crippen LogP contribution >= 0.6 is 0 Å². The first-order valence-corrected chi connectivity index (χ1v) is 11.3. The topological polar surface area (TPSA) is 94.3 Å². The Kier molecular flexibility index (Phi) is 6.79. The number of rotatable bonds is 8. The van der Waals surface area contributed by atoms with Crippen LogP contribution in [0.3, 0.4) is 0 Å². The number of unbranched alkanes of at least 4 members (excludes halogenated alkanes) is 2. The molecule has 0 atom stereocenters. The predicted octanol–water partition coefficient (Wildman–Crippen LogP) is 3.27. The minimum absolute atomic E-state index is 0.0329. The van der Waals surface area contributed by atoms with Crippen LogP contribution in [0, 0.1) is 0 Å². The second kappa shape index (κ2) is 8.83. The van der Waals surface area contributed by atoms with Gasteiger partial charge < -0.3 is 0 Å². The number of benzene rings is 2. The molecular weight excluding hydrogens is 369 g/mol. The SMILES string of the molecule is CCCCCNc1ccc(N=Nc2ccc([As](=O)(O)O)cc2)cc1. The van der Waals surface area contributed by atoms with Crippen molar-refractivity contribution in [2.24, 2.45) is 10.2 Å². The van der Waals surface area contributed by atoms with Gasteiger partial charge in [0.1, 0.15) is 0 Å². The number of hydrogen-bond acceptors (Lipinski definition) is 4. The van der Waals surface area contributed by atoms with Gasteiger partial charge in [-0.25, -0.2) is 0 Å². The standard InChI is InChI=1S/C17H22AsN3O3/c1-2-3-4-13-19-15-9-11-17(12-10-15)21-20-16-7-5-14(6-8-16)18(22,23)24/h5-12,19H,2-4,13H2,1H3,(H2,22,23,24). The first-order valence-electron chi connectivity index (χ1n) is 7.91. The van der Waals surface area contributed by atoms with E-state index in [1.807, 2.05) is 24.3 Å². The number of hydrogen-bond donors (Lipinski definition) is 3. The third-order valence-electron chi connectivity index (χ3n) is 3.44. The summed E-state index contributed by atoms with van der Waals surface area (Å²) in [5.74, 6) is 0. The molecule has 2 aromatic rings. The van der Waals surface area contributed by atoms with Gasteiger partial charge in [0.05, 0.1) is 0 Å². The summed E-state index contributed by atoms with van der Waals surface area (Å²) in [5.41, 5.74) is 2.32. The third kappa shape index (κ3) is 5.96. The number of anilines is 1. The molecule has 0 saturated carbocycles. The summed E-state index contributed by atoms with van der Waals surface area (Å²) in [4.78, 5) is 0. The van der Waals surface area contributed by atoms with Gasteiger partial charge in [0.2, 0.25) is 0 Å². The van der Waals surface area contributed by atoms with Gasteiger partial charge in [-0.05, 0) is 6.42 Å².